The summed E-state index contributed by atoms with van der Waals surface area (Å²) in [5, 5.41) is 0. The van der Waals surface area contributed by atoms with E-state index in [9.17, 15) is 8.42 Å². The summed E-state index contributed by atoms with van der Waals surface area (Å²) in [6, 6.07) is 10.0. The molecule has 21 heavy (non-hydrogen) atoms. The largest absolute Gasteiger partial charge is 0.498 e. The number of sulfone groups is 1. The van der Waals surface area contributed by atoms with Gasteiger partial charge in [-0.15, -0.1) is 0 Å². The van der Waals surface area contributed by atoms with Crippen LogP contribution < -0.4 is 0 Å². The highest BCUT2D eigenvalue weighted by Crippen LogP contribution is 2.24. The molecule has 4 heteroatoms. The first kappa shape index (κ1) is 16.1. The zero-order chi connectivity index (χ0) is 15.3. The van der Waals surface area contributed by atoms with Crippen molar-refractivity contribution >= 4 is 15.4 Å². The average molecular weight is 308 g/mol. The van der Waals surface area contributed by atoms with Gasteiger partial charge in [-0.2, -0.15) is 0 Å². The molecular weight excluding hydrogens is 284 g/mol. The summed E-state index contributed by atoms with van der Waals surface area (Å²) >= 11 is 0. The number of hydrogen-bond donors (Lipinski definition) is 0. The SMILES string of the molecule is C/C(=C/OC(C)C1CCCCS(=O)(=O)C1)c1ccccc1. The Morgan fingerprint density at radius 3 is 2.71 bits per heavy atom. The van der Waals surface area contributed by atoms with Crippen LogP contribution in [0.3, 0.4) is 0 Å². The normalized spacial score (nSPS) is 24.1. The van der Waals surface area contributed by atoms with E-state index in [0.717, 1.165) is 30.4 Å². The molecule has 2 rings (SSSR count). The van der Waals surface area contributed by atoms with Crippen molar-refractivity contribution in [1.29, 1.82) is 0 Å². The Morgan fingerprint density at radius 2 is 2.00 bits per heavy atom. The summed E-state index contributed by atoms with van der Waals surface area (Å²) in [7, 11) is -2.90. The second-order valence-electron chi connectivity index (χ2n) is 5.88. The number of ether oxygens (including phenoxy) is 1. The Labute approximate surface area is 127 Å². The van der Waals surface area contributed by atoms with Gasteiger partial charge in [-0.1, -0.05) is 36.8 Å². The molecule has 116 valence electrons. The minimum absolute atomic E-state index is 0.0727. The molecule has 1 aromatic rings. The molecule has 0 amide bonds. The predicted molar refractivity (Wildman–Crippen MR) is 86.6 cm³/mol. The molecule has 3 nitrogen and oxygen atoms in total. The first-order valence-electron chi connectivity index (χ1n) is 7.56. The molecule has 1 aliphatic heterocycles. The molecule has 0 spiro atoms. The zero-order valence-electron chi connectivity index (χ0n) is 12.8. The topological polar surface area (TPSA) is 43.4 Å². The summed E-state index contributed by atoms with van der Waals surface area (Å²) in [5.41, 5.74) is 2.18. The minimum atomic E-state index is -2.90. The molecule has 1 fully saturated rings. The van der Waals surface area contributed by atoms with Crippen LogP contribution in [0.1, 0.15) is 38.7 Å². The van der Waals surface area contributed by atoms with Gasteiger partial charge < -0.3 is 4.74 Å². The monoisotopic (exact) mass is 308 g/mol. The molecule has 0 saturated carbocycles. The van der Waals surface area contributed by atoms with Gasteiger partial charge in [-0.05, 0) is 37.8 Å². The van der Waals surface area contributed by atoms with E-state index in [1.807, 2.05) is 44.2 Å². The molecule has 1 saturated heterocycles. The van der Waals surface area contributed by atoms with E-state index in [4.69, 9.17) is 4.74 Å². The van der Waals surface area contributed by atoms with Crippen molar-refractivity contribution in [2.45, 2.75) is 39.2 Å². The lowest BCUT2D eigenvalue weighted by Crippen LogP contribution is -2.26. The van der Waals surface area contributed by atoms with Crippen LogP contribution in [0, 0.1) is 5.92 Å². The third kappa shape index (κ3) is 4.88. The molecule has 0 bridgehead atoms. The van der Waals surface area contributed by atoms with Gasteiger partial charge in [0.15, 0.2) is 9.84 Å². The lowest BCUT2D eigenvalue weighted by Gasteiger charge is -2.21. The molecule has 2 unspecified atom stereocenters. The van der Waals surface area contributed by atoms with Crippen molar-refractivity contribution < 1.29 is 13.2 Å². The summed E-state index contributed by atoms with van der Waals surface area (Å²) in [4.78, 5) is 0. The molecule has 1 heterocycles. The van der Waals surface area contributed by atoms with Gasteiger partial charge in [-0.3, -0.25) is 0 Å². The minimum Gasteiger partial charge on any atom is -0.498 e. The standard InChI is InChI=1S/C17H24O3S/c1-14(16-8-4-3-5-9-16)12-20-15(2)17-10-6-7-11-21(18,19)13-17/h3-5,8-9,12,15,17H,6-7,10-11,13H2,1-2H3/b14-12-. The van der Waals surface area contributed by atoms with E-state index in [1.54, 1.807) is 6.26 Å². The number of hydrogen-bond acceptors (Lipinski definition) is 3. The van der Waals surface area contributed by atoms with Gasteiger partial charge in [-0.25, -0.2) is 8.42 Å². The lowest BCUT2D eigenvalue weighted by molar-refractivity contribution is 0.108. The molecule has 1 aliphatic rings. The molecule has 0 aliphatic carbocycles. The molecule has 0 aromatic heterocycles. The van der Waals surface area contributed by atoms with Crippen LogP contribution in [0.5, 0.6) is 0 Å². The van der Waals surface area contributed by atoms with Gasteiger partial charge in [0.2, 0.25) is 0 Å². The molecular formula is C17H24O3S. The van der Waals surface area contributed by atoms with Crippen molar-refractivity contribution in [2.24, 2.45) is 5.92 Å². The molecule has 0 radical (unpaired) electrons. The quantitative estimate of drug-likeness (QED) is 0.797. The third-order valence-corrected chi connectivity index (χ3v) is 5.95. The highest BCUT2D eigenvalue weighted by Gasteiger charge is 2.27. The fourth-order valence-electron chi connectivity index (χ4n) is 2.68. The Morgan fingerprint density at radius 1 is 1.29 bits per heavy atom. The van der Waals surface area contributed by atoms with Crippen LogP contribution in [0.15, 0.2) is 36.6 Å². The Bertz CT molecular complexity index is 575. The van der Waals surface area contributed by atoms with Crippen molar-refractivity contribution in [1.82, 2.24) is 0 Å². The maximum absolute atomic E-state index is 11.9. The first-order valence-corrected chi connectivity index (χ1v) is 9.38. The Hall–Kier alpha value is -1.29. The maximum Gasteiger partial charge on any atom is 0.150 e. The van der Waals surface area contributed by atoms with Crippen LogP contribution in [0.4, 0.5) is 0 Å². The van der Waals surface area contributed by atoms with E-state index in [-0.39, 0.29) is 17.8 Å². The second kappa shape index (κ2) is 7.12. The van der Waals surface area contributed by atoms with Gasteiger partial charge in [0, 0.05) is 5.92 Å². The van der Waals surface area contributed by atoms with Gasteiger partial charge in [0.25, 0.3) is 0 Å². The maximum atomic E-state index is 11.9. The van der Waals surface area contributed by atoms with Crippen LogP contribution in [-0.4, -0.2) is 26.0 Å². The highest BCUT2D eigenvalue weighted by atomic mass is 32.2. The Kier molecular flexibility index (Phi) is 5.45. The molecule has 0 N–H and O–H groups in total. The number of benzene rings is 1. The summed E-state index contributed by atoms with van der Waals surface area (Å²) < 4.78 is 29.6. The fourth-order valence-corrected chi connectivity index (χ4v) is 4.58. The number of rotatable bonds is 4. The van der Waals surface area contributed by atoms with E-state index in [1.165, 1.54) is 0 Å². The van der Waals surface area contributed by atoms with Crippen LogP contribution >= 0.6 is 0 Å². The van der Waals surface area contributed by atoms with E-state index in [2.05, 4.69) is 0 Å². The van der Waals surface area contributed by atoms with Crippen molar-refractivity contribution in [3.63, 3.8) is 0 Å². The second-order valence-corrected chi connectivity index (χ2v) is 8.11. The van der Waals surface area contributed by atoms with Gasteiger partial charge >= 0.3 is 0 Å². The van der Waals surface area contributed by atoms with Crippen LogP contribution in [0.25, 0.3) is 5.57 Å². The lowest BCUT2D eigenvalue weighted by atomic mass is 9.99. The summed E-state index contributed by atoms with van der Waals surface area (Å²) in [5.74, 6) is 0.680. The van der Waals surface area contributed by atoms with Gasteiger partial charge in [0.05, 0.1) is 23.9 Å². The van der Waals surface area contributed by atoms with Gasteiger partial charge in [0.1, 0.15) is 0 Å². The first-order chi connectivity index (χ1) is 9.98. The van der Waals surface area contributed by atoms with E-state index < -0.39 is 9.84 Å². The van der Waals surface area contributed by atoms with Crippen molar-refractivity contribution in [3.05, 3.63) is 42.2 Å². The Balaban J connectivity index is 1.99. The summed E-state index contributed by atoms with van der Waals surface area (Å²) in [6.45, 7) is 3.98. The molecule has 1 aromatic carbocycles. The fraction of sp³-hybridized carbons (Fsp3) is 0.529. The van der Waals surface area contributed by atoms with E-state index in [0.29, 0.717) is 5.75 Å². The highest BCUT2D eigenvalue weighted by molar-refractivity contribution is 7.91. The van der Waals surface area contributed by atoms with Crippen molar-refractivity contribution in [2.75, 3.05) is 11.5 Å². The van der Waals surface area contributed by atoms with Crippen LogP contribution in [-0.2, 0) is 14.6 Å². The average Bonchev–Trinajstić information content (AvgIpc) is 2.66. The zero-order valence-corrected chi connectivity index (χ0v) is 13.6. The molecule has 2 atom stereocenters. The van der Waals surface area contributed by atoms with Crippen LogP contribution in [0.2, 0.25) is 0 Å². The third-order valence-electron chi connectivity index (χ3n) is 4.10. The summed E-state index contributed by atoms with van der Waals surface area (Å²) in [6.07, 6.45) is 4.37. The van der Waals surface area contributed by atoms with Crippen molar-refractivity contribution in [3.8, 4) is 0 Å². The predicted octanol–water partition coefficient (Wildman–Crippen LogP) is 3.67. The van der Waals surface area contributed by atoms with E-state index >= 15 is 0 Å². The number of allylic oxidation sites excluding steroid dienone is 1. The smallest absolute Gasteiger partial charge is 0.150 e.